The van der Waals surface area contributed by atoms with E-state index in [0.717, 1.165) is 17.7 Å². The monoisotopic (exact) mass is 293 g/mol. The van der Waals surface area contributed by atoms with Gasteiger partial charge in [-0.15, -0.1) is 0 Å². The molecule has 1 saturated heterocycles. The summed E-state index contributed by atoms with van der Waals surface area (Å²) in [7, 11) is 1.66. The molecule has 0 aromatic heterocycles. The average molecular weight is 293 g/mol. The standard InChI is InChI=1S/C15H23N3O3/c1-4-21-10(2)15(19)16-14-9-12(17-18-14)11-7-5-6-8-13(11)20-3/h5-8,10,12,14,17-18H,4,9H2,1-3H3,(H,16,19). The summed E-state index contributed by atoms with van der Waals surface area (Å²) in [6.07, 6.45) is 0.169. The fraction of sp³-hybridized carbons (Fsp3) is 0.533. The van der Waals surface area contributed by atoms with Crippen molar-refractivity contribution < 1.29 is 14.3 Å². The third-order valence-electron chi connectivity index (χ3n) is 3.52. The highest BCUT2D eigenvalue weighted by atomic mass is 16.5. The molecule has 0 radical (unpaired) electrons. The van der Waals surface area contributed by atoms with Gasteiger partial charge >= 0.3 is 0 Å². The number of hydrogen-bond donors (Lipinski definition) is 3. The van der Waals surface area contributed by atoms with Gasteiger partial charge in [0.2, 0.25) is 5.91 Å². The van der Waals surface area contributed by atoms with Gasteiger partial charge in [-0.25, -0.2) is 10.9 Å². The lowest BCUT2D eigenvalue weighted by Gasteiger charge is -2.16. The van der Waals surface area contributed by atoms with Crippen molar-refractivity contribution in [3.8, 4) is 5.75 Å². The molecule has 6 heteroatoms. The molecule has 0 saturated carbocycles. The first-order valence-corrected chi connectivity index (χ1v) is 7.21. The van der Waals surface area contributed by atoms with E-state index in [4.69, 9.17) is 9.47 Å². The highest BCUT2D eigenvalue weighted by molar-refractivity contribution is 5.80. The van der Waals surface area contributed by atoms with E-state index in [1.165, 1.54) is 0 Å². The highest BCUT2D eigenvalue weighted by Gasteiger charge is 2.28. The summed E-state index contributed by atoms with van der Waals surface area (Å²) in [6.45, 7) is 4.14. The van der Waals surface area contributed by atoms with E-state index in [1.807, 2.05) is 31.2 Å². The number of methoxy groups -OCH3 is 1. The molecule has 6 nitrogen and oxygen atoms in total. The fourth-order valence-corrected chi connectivity index (χ4v) is 2.42. The lowest BCUT2D eigenvalue weighted by atomic mass is 10.0. The highest BCUT2D eigenvalue weighted by Crippen LogP contribution is 2.29. The summed E-state index contributed by atoms with van der Waals surface area (Å²) in [5.41, 5.74) is 7.35. The van der Waals surface area contributed by atoms with E-state index in [2.05, 4.69) is 16.2 Å². The van der Waals surface area contributed by atoms with E-state index >= 15 is 0 Å². The number of hydrogen-bond acceptors (Lipinski definition) is 5. The van der Waals surface area contributed by atoms with Crippen LogP contribution >= 0.6 is 0 Å². The van der Waals surface area contributed by atoms with Gasteiger partial charge in [0, 0.05) is 18.6 Å². The zero-order valence-electron chi connectivity index (χ0n) is 12.7. The van der Waals surface area contributed by atoms with Crippen molar-refractivity contribution in [2.24, 2.45) is 0 Å². The Morgan fingerprint density at radius 3 is 2.90 bits per heavy atom. The fourth-order valence-electron chi connectivity index (χ4n) is 2.42. The Hall–Kier alpha value is -1.63. The molecular weight excluding hydrogens is 270 g/mol. The van der Waals surface area contributed by atoms with Crippen molar-refractivity contribution in [3.05, 3.63) is 29.8 Å². The van der Waals surface area contributed by atoms with Crippen molar-refractivity contribution in [1.82, 2.24) is 16.2 Å². The largest absolute Gasteiger partial charge is 0.496 e. The summed E-state index contributed by atoms with van der Waals surface area (Å²) in [4.78, 5) is 11.9. The van der Waals surface area contributed by atoms with E-state index in [9.17, 15) is 4.79 Å². The number of hydrazine groups is 1. The van der Waals surface area contributed by atoms with E-state index < -0.39 is 6.10 Å². The first-order valence-electron chi connectivity index (χ1n) is 7.21. The summed E-state index contributed by atoms with van der Waals surface area (Å²) in [6, 6.07) is 7.95. The normalized spacial score (nSPS) is 22.8. The van der Waals surface area contributed by atoms with Gasteiger partial charge in [0.15, 0.2) is 0 Å². The second-order valence-electron chi connectivity index (χ2n) is 4.98. The van der Waals surface area contributed by atoms with Crippen LogP contribution in [-0.4, -0.2) is 31.9 Å². The average Bonchev–Trinajstić information content (AvgIpc) is 2.95. The van der Waals surface area contributed by atoms with Gasteiger partial charge in [-0.1, -0.05) is 18.2 Å². The van der Waals surface area contributed by atoms with Gasteiger partial charge in [0.25, 0.3) is 0 Å². The van der Waals surface area contributed by atoms with Crippen LogP contribution < -0.4 is 20.9 Å². The molecule has 3 N–H and O–H groups in total. The Labute approximate surface area is 125 Å². The number of para-hydroxylation sites is 1. The summed E-state index contributed by atoms with van der Waals surface area (Å²) in [5.74, 6) is 0.725. The molecule has 116 valence electrons. The molecule has 3 unspecified atom stereocenters. The van der Waals surface area contributed by atoms with Crippen molar-refractivity contribution >= 4 is 5.91 Å². The second kappa shape index (κ2) is 7.40. The first kappa shape index (κ1) is 15.8. The minimum absolute atomic E-state index is 0.0915. The van der Waals surface area contributed by atoms with Crippen LogP contribution in [0.5, 0.6) is 5.75 Å². The van der Waals surface area contributed by atoms with Crippen molar-refractivity contribution in [1.29, 1.82) is 0 Å². The number of amides is 1. The molecule has 1 aliphatic rings. The molecule has 1 aromatic carbocycles. The Balaban J connectivity index is 1.93. The van der Waals surface area contributed by atoms with E-state index in [0.29, 0.717) is 6.61 Å². The number of carbonyl (C=O) groups is 1. The first-order chi connectivity index (χ1) is 10.2. The van der Waals surface area contributed by atoms with E-state index in [-0.39, 0.29) is 18.1 Å². The number of benzene rings is 1. The lowest BCUT2D eigenvalue weighted by molar-refractivity contribution is -0.132. The summed E-state index contributed by atoms with van der Waals surface area (Å²) in [5, 5.41) is 2.92. The molecule has 0 bridgehead atoms. The molecule has 1 aliphatic heterocycles. The zero-order chi connectivity index (χ0) is 15.2. The lowest BCUT2D eigenvalue weighted by Crippen LogP contribution is -2.47. The Kier molecular flexibility index (Phi) is 5.55. The molecule has 0 spiro atoms. The van der Waals surface area contributed by atoms with Crippen LogP contribution in [0.1, 0.15) is 31.9 Å². The van der Waals surface area contributed by atoms with Gasteiger partial charge in [-0.2, -0.15) is 0 Å². The molecule has 0 aliphatic carbocycles. The zero-order valence-corrected chi connectivity index (χ0v) is 12.7. The van der Waals surface area contributed by atoms with Crippen LogP contribution in [0, 0.1) is 0 Å². The number of ether oxygens (including phenoxy) is 2. The van der Waals surface area contributed by atoms with Gasteiger partial charge in [-0.05, 0) is 19.9 Å². The minimum atomic E-state index is -0.442. The van der Waals surface area contributed by atoms with Crippen LogP contribution in [0.2, 0.25) is 0 Å². The van der Waals surface area contributed by atoms with Crippen LogP contribution in [-0.2, 0) is 9.53 Å². The minimum Gasteiger partial charge on any atom is -0.496 e. The number of carbonyl (C=O) groups excluding carboxylic acids is 1. The summed E-state index contributed by atoms with van der Waals surface area (Å²) < 4.78 is 10.7. The third-order valence-corrected chi connectivity index (χ3v) is 3.52. The van der Waals surface area contributed by atoms with Crippen LogP contribution in [0.15, 0.2) is 24.3 Å². The molecule has 21 heavy (non-hydrogen) atoms. The Bertz CT molecular complexity index is 481. The Morgan fingerprint density at radius 1 is 1.43 bits per heavy atom. The maximum atomic E-state index is 11.9. The maximum absolute atomic E-state index is 11.9. The molecule has 1 fully saturated rings. The van der Waals surface area contributed by atoms with Crippen LogP contribution in [0.25, 0.3) is 0 Å². The SMILES string of the molecule is CCOC(C)C(=O)NC1CC(c2ccccc2OC)NN1. The van der Waals surface area contributed by atoms with Gasteiger partial charge < -0.3 is 14.8 Å². The van der Waals surface area contributed by atoms with Crippen molar-refractivity contribution in [3.63, 3.8) is 0 Å². The topological polar surface area (TPSA) is 71.6 Å². The third kappa shape index (κ3) is 3.93. The summed E-state index contributed by atoms with van der Waals surface area (Å²) >= 11 is 0. The number of nitrogens with one attached hydrogen (secondary N) is 3. The molecule has 1 amide bonds. The molecule has 3 atom stereocenters. The second-order valence-corrected chi connectivity index (χ2v) is 4.98. The van der Waals surface area contributed by atoms with Crippen molar-refractivity contribution in [2.45, 2.75) is 38.6 Å². The van der Waals surface area contributed by atoms with Crippen LogP contribution in [0.4, 0.5) is 0 Å². The predicted molar refractivity (Wildman–Crippen MR) is 79.6 cm³/mol. The Morgan fingerprint density at radius 2 is 2.19 bits per heavy atom. The van der Waals surface area contributed by atoms with Crippen molar-refractivity contribution in [2.75, 3.05) is 13.7 Å². The van der Waals surface area contributed by atoms with Gasteiger partial charge in [0.1, 0.15) is 11.9 Å². The molecule has 1 heterocycles. The smallest absolute Gasteiger partial charge is 0.250 e. The van der Waals surface area contributed by atoms with Gasteiger partial charge in [-0.3, -0.25) is 4.79 Å². The van der Waals surface area contributed by atoms with E-state index in [1.54, 1.807) is 14.0 Å². The van der Waals surface area contributed by atoms with Crippen LogP contribution in [0.3, 0.4) is 0 Å². The predicted octanol–water partition coefficient (Wildman–Crippen LogP) is 1.10. The molecular formula is C15H23N3O3. The number of rotatable bonds is 6. The van der Waals surface area contributed by atoms with Gasteiger partial charge in [0.05, 0.1) is 19.3 Å². The quantitative estimate of drug-likeness (QED) is 0.732. The molecule has 1 aromatic rings. The molecule has 2 rings (SSSR count). The maximum Gasteiger partial charge on any atom is 0.250 e.